The predicted octanol–water partition coefficient (Wildman–Crippen LogP) is 2.77. The van der Waals surface area contributed by atoms with Crippen molar-refractivity contribution in [1.29, 1.82) is 0 Å². The Morgan fingerprint density at radius 2 is 2.07 bits per heavy atom. The highest BCUT2D eigenvalue weighted by Crippen LogP contribution is 2.42. The van der Waals surface area contributed by atoms with Crippen molar-refractivity contribution in [3.05, 3.63) is 34.9 Å². The zero-order chi connectivity index (χ0) is 9.54. The molecule has 0 aliphatic heterocycles. The maximum atomic E-state index is 3.41. The Hall–Kier alpha value is -0.820. The van der Waals surface area contributed by atoms with E-state index in [1.165, 1.54) is 25.7 Å². The van der Waals surface area contributed by atoms with Crippen molar-refractivity contribution in [2.75, 3.05) is 7.05 Å². The molecule has 1 unspecified atom stereocenters. The average Bonchev–Trinajstić information content (AvgIpc) is 2.98. The lowest BCUT2D eigenvalue weighted by Gasteiger charge is -2.11. The van der Waals surface area contributed by atoms with Crippen LogP contribution in [0.3, 0.4) is 0 Å². The molecule has 0 saturated heterocycles. The number of hydrogen-bond acceptors (Lipinski definition) is 1. The van der Waals surface area contributed by atoms with Gasteiger partial charge >= 0.3 is 0 Å². The molecule has 1 N–H and O–H groups in total. The molecular formula is C13H17N. The van der Waals surface area contributed by atoms with Crippen molar-refractivity contribution in [3.8, 4) is 0 Å². The van der Waals surface area contributed by atoms with Crippen LogP contribution < -0.4 is 5.32 Å². The zero-order valence-corrected chi connectivity index (χ0v) is 8.72. The predicted molar refractivity (Wildman–Crippen MR) is 58.5 cm³/mol. The lowest BCUT2D eigenvalue weighted by atomic mass is 10.0. The van der Waals surface area contributed by atoms with E-state index < -0.39 is 0 Å². The summed E-state index contributed by atoms with van der Waals surface area (Å²) < 4.78 is 0. The van der Waals surface area contributed by atoms with Crippen molar-refractivity contribution in [2.24, 2.45) is 0 Å². The number of rotatable bonds is 2. The fraction of sp³-hybridized carbons (Fsp3) is 0.538. The van der Waals surface area contributed by atoms with Gasteiger partial charge in [0.1, 0.15) is 0 Å². The molecule has 1 heteroatoms. The van der Waals surface area contributed by atoms with Crippen LogP contribution in [0.5, 0.6) is 0 Å². The summed E-state index contributed by atoms with van der Waals surface area (Å²) in [5, 5.41) is 3.41. The third kappa shape index (κ3) is 1.27. The van der Waals surface area contributed by atoms with Crippen molar-refractivity contribution in [3.63, 3.8) is 0 Å². The molecule has 1 atom stereocenters. The minimum absolute atomic E-state index is 0.615. The Kier molecular flexibility index (Phi) is 1.88. The van der Waals surface area contributed by atoms with E-state index in [0.717, 1.165) is 5.92 Å². The molecule has 0 radical (unpaired) electrons. The van der Waals surface area contributed by atoms with Crippen molar-refractivity contribution >= 4 is 0 Å². The van der Waals surface area contributed by atoms with E-state index in [1.807, 2.05) is 0 Å². The molecule has 14 heavy (non-hydrogen) atoms. The van der Waals surface area contributed by atoms with E-state index in [1.54, 1.807) is 16.7 Å². The third-order valence-corrected chi connectivity index (χ3v) is 3.64. The minimum Gasteiger partial charge on any atom is -0.313 e. The van der Waals surface area contributed by atoms with Crippen LogP contribution in [0.15, 0.2) is 18.2 Å². The molecule has 1 aromatic rings. The first kappa shape index (κ1) is 8.49. The molecule has 1 aromatic carbocycles. The van der Waals surface area contributed by atoms with Gasteiger partial charge in [-0.25, -0.2) is 0 Å². The first-order valence-corrected chi connectivity index (χ1v) is 5.68. The van der Waals surface area contributed by atoms with E-state index in [9.17, 15) is 0 Å². The van der Waals surface area contributed by atoms with Crippen LogP contribution in [0.1, 0.15) is 47.9 Å². The van der Waals surface area contributed by atoms with Crippen LogP contribution in [0.2, 0.25) is 0 Å². The van der Waals surface area contributed by atoms with Crippen LogP contribution in [0.25, 0.3) is 0 Å². The average molecular weight is 187 g/mol. The van der Waals surface area contributed by atoms with Gasteiger partial charge in [-0.15, -0.1) is 0 Å². The summed E-state index contributed by atoms with van der Waals surface area (Å²) in [6.07, 6.45) is 5.34. The smallest absolute Gasteiger partial charge is 0.0323 e. The quantitative estimate of drug-likeness (QED) is 0.750. The molecule has 0 bridgehead atoms. The SMILES string of the molecule is CNC1CCc2ccc(C3CC3)cc21. The maximum Gasteiger partial charge on any atom is 0.0323 e. The van der Waals surface area contributed by atoms with Crippen LogP contribution in [-0.2, 0) is 6.42 Å². The number of nitrogens with one attached hydrogen (secondary N) is 1. The molecule has 1 fully saturated rings. The largest absolute Gasteiger partial charge is 0.313 e. The summed E-state index contributed by atoms with van der Waals surface area (Å²) >= 11 is 0. The fourth-order valence-corrected chi connectivity index (χ4v) is 2.59. The summed E-state index contributed by atoms with van der Waals surface area (Å²) in [4.78, 5) is 0. The van der Waals surface area contributed by atoms with Gasteiger partial charge in [0, 0.05) is 6.04 Å². The Labute approximate surface area is 85.5 Å². The molecule has 0 amide bonds. The lowest BCUT2D eigenvalue weighted by molar-refractivity contribution is 0.590. The summed E-state index contributed by atoms with van der Waals surface area (Å²) in [7, 11) is 2.07. The van der Waals surface area contributed by atoms with Gasteiger partial charge < -0.3 is 5.32 Å². The van der Waals surface area contributed by atoms with Gasteiger partial charge in [-0.05, 0) is 55.3 Å². The Balaban J connectivity index is 1.99. The summed E-state index contributed by atoms with van der Waals surface area (Å²) in [5.41, 5.74) is 4.71. The zero-order valence-electron chi connectivity index (χ0n) is 8.72. The van der Waals surface area contributed by atoms with Gasteiger partial charge in [0.25, 0.3) is 0 Å². The maximum absolute atomic E-state index is 3.41. The molecular weight excluding hydrogens is 170 g/mol. The first-order valence-electron chi connectivity index (χ1n) is 5.68. The van der Waals surface area contributed by atoms with E-state index >= 15 is 0 Å². The molecule has 0 spiro atoms. The minimum atomic E-state index is 0.615. The molecule has 2 aliphatic carbocycles. The van der Waals surface area contributed by atoms with Crippen molar-refractivity contribution < 1.29 is 0 Å². The van der Waals surface area contributed by atoms with Crippen LogP contribution in [0.4, 0.5) is 0 Å². The van der Waals surface area contributed by atoms with Gasteiger partial charge in [-0.1, -0.05) is 18.2 Å². The van der Waals surface area contributed by atoms with Crippen molar-refractivity contribution in [1.82, 2.24) is 5.32 Å². The number of fused-ring (bicyclic) bond motifs is 1. The second kappa shape index (κ2) is 3.09. The number of aryl methyl sites for hydroxylation is 1. The molecule has 0 heterocycles. The van der Waals surface area contributed by atoms with Crippen LogP contribution in [-0.4, -0.2) is 7.05 Å². The van der Waals surface area contributed by atoms with Gasteiger partial charge in [0.15, 0.2) is 0 Å². The standard InChI is InChI=1S/C13H17N/c1-14-13-7-6-10-4-5-11(8-12(10)13)9-2-3-9/h4-5,8-9,13-14H,2-3,6-7H2,1H3. The highest BCUT2D eigenvalue weighted by atomic mass is 14.9. The van der Waals surface area contributed by atoms with E-state index in [-0.39, 0.29) is 0 Å². The summed E-state index contributed by atoms with van der Waals surface area (Å²) in [6.45, 7) is 0. The lowest BCUT2D eigenvalue weighted by Crippen LogP contribution is -2.12. The Morgan fingerprint density at radius 1 is 1.21 bits per heavy atom. The molecule has 3 rings (SSSR count). The van der Waals surface area contributed by atoms with Crippen LogP contribution in [0, 0.1) is 0 Å². The molecule has 1 nitrogen and oxygen atoms in total. The monoisotopic (exact) mass is 187 g/mol. The molecule has 1 saturated carbocycles. The second-order valence-corrected chi connectivity index (χ2v) is 4.61. The molecule has 2 aliphatic rings. The molecule has 74 valence electrons. The van der Waals surface area contributed by atoms with Gasteiger partial charge in [-0.3, -0.25) is 0 Å². The number of benzene rings is 1. The normalized spacial score (nSPS) is 25.1. The van der Waals surface area contributed by atoms with Gasteiger partial charge in [0.05, 0.1) is 0 Å². The van der Waals surface area contributed by atoms with E-state index in [4.69, 9.17) is 0 Å². The number of hydrogen-bond donors (Lipinski definition) is 1. The van der Waals surface area contributed by atoms with Crippen LogP contribution >= 0.6 is 0 Å². The summed E-state index contributed by atoms with van der Waals surface area (Å²) in [6, 6.07) is 7.75. The fourth-order valence-electron chi connectivity index (χ4n) is 2.59. The highest BCUT2D eigenvalue weighted by molar-refractivity contribution is 5.40. The van der Waals surface area contributed by atoms with E-state index in [2.05, 4.69) is 30.6 Å². The second-order valence-electron chi connectivity index (χ2n) is 4.61. The molecule has 0 aromatic heterocycles. The topological polar surface area (TPSA) is 12.0 Å². The van der Waals surface area contributed by atoms with Crippen molar-refractivity contribution in [2.45, 2.75) is 37.6 Å². The Morgan fingerprint density at radius 3 is 2.79 bits per heavy atom. The Bertz CT molecular complexity index is 352. The summed E-state index contributed by atoms with van der Waals surface area (Å²) in [5.74, 6) is 0.887. The van der Waals surface area contributed by atoms with Gasteiger partial charge in [0.2, 0.25) is 0 Å². The highest BCUT2D eigenvalue weighted by Gasteiger charge is 2.27. The van der Waals surface area contributed by atoms with Gasteiger partial charge in [-0.2, -0.15) is 0 Å². The first-order chi connectivity index (χ1) is 6.88. The third-order valence-electron chi connectivity index (χ3n) is 3.64. The van der Waals surface area contributed by atoms with E-state index in [0.29, 0.717) is 6.04 Å².